The number of likely N-dealkylation sites (N-methyl/N-ethyl adjacent to an activating group) is 1. The van der Waals surface area contributed by atoms with Crippen molar-refractivity contribution < 1.29 is 29.5 Å². The Balaban J connectivity index is 1.96. The smallest absolute Gasteiger partial charge is 0.335 e. The summed E-state index contributed by atoms with van der Waals surface area (Å²) >= 11 is 1.01. The lowest BCUT2D eigenvalue weighted by molar-refractivity contribution is -0.385. The monoisotopic (exact) mass is 429 g/mol. The molecule has 2 N–H and O–H groups in total. The molecule has 3 rings (SSSR count). The molecule has 2 aromatic rings. The topological polar surface area (TPSA) is 143 Å². The fourth-order valence-corrected chi connectivity index (χ4v) is 3.54. The van der Waals surface area contributed by atoms with E-state index < -0.39 is 16.8 Å². The molecule has 0 bridgehead atoms. The second-order valence-corrected chi connectivity index (χ2v) is 7.07. The number of thioether (sulfide) groups is 1. The van der Waals surface area contributed by atoms with E-state index >= 15 is 0 Å². The number of carbonyl (C=O) groups is 2. The third-order valence-electron chi connectivity index (χ3n) is 4.15. The summed E-state index contributed by atoms with van der Waals surface area (Å²) < 4.78 is 4.96. The van der Waals surface area contributed by atoms with Crippen LogP contribution in [-0.4, -0.2) is 51.2 Å². The highest BCUT2D eigenvalue weighted by Gasteiger charge is 2.31. The highest BCUT2D eigenvalue weighted by Crippen LogP contribution is 2.39. The van der Waals surface area contributed by atoms with Gasteiger partial charge in [-0.3, -0.25) is 19.8 Å². The largest absolute Gasteiger partial charge is 0.504 e. The van der Waals surface area contributed by atoms with Crippen LogP contribution < -0.4 is 4.74 Å². The second kappa shape index (κ2) is 8.25. The van der Waals surface area contributed by atoms with Crippen molar-refractivity contribution in [2.75, 3.05) is 14.2 Å². The maximum atomic E-state index is 12.6. The standard InChI is InChI=1S/C19H15N3O7S/c1-21-17(24)15(8-11-7-13(22(27)28)9-14(29-2)16(11)23)30-19(21)20-12-5-3-10(4-6-12)18(25)26/h3-9,23H,1-2H3,(H,25,26)/b15-8-,20-19?. The number of hydrogen-bond donors (Lipinski definition) is 2. The molecule has 0 aliphatic carbocycles. The summed E-state index contributed by atoms with van der Waals surface area (Å²) in [6.45, 7) is 0. The zero-order chi connectivity index (χ0) is 22.0. The van der Waals surface area contributed by atoms with Crippen LogP contribution in [0.15, 0.2) is 46.3 Å². The summed E-state index contributed by atoms with van der Waals surface area (Å²) in [5.74, 6) is -1.89. The molecule has 2 aromatic carbocycles. The molecule has 1 heterocycles. The van der Waals surface area contributed by atoms with Crippen molar-refractivity contribution in [1.82, 2.24) is 4.90 Å². The number of phenolic OH excluding ortho intramolecular Hbond substituents is 1. The molecule has 30 heavy (non-hydrogen) atoms. The number of methoxy groups -OCH3 is 1. The summed E-state index contributed by atoms with van der Waals surface area (Å²) in [4.78, 5) is 39.8. The van der Waals surface area contributed by atoms with Crippen LogP contribution >= 0.6 is 11.8 Å². The number of carboxylic acid groups (broad SMARTS) is 1. The number of phenols is 1. The Morgan fingerprint density at radius 2 is 1.97 bits per heavy atom. The number of amidine groups is 1. The van der Waals surface area contributed by atoms with Gasteiger partial charge in [0.25, 0.3) is 11.6 Å². The number of ether oxygens (including phenoxy) is 1. The molecule has 0 atom stereocenters. The highest BCUT2D eigenvalue weighted by molar-refractivity contribution is 8.18. The summed E-state index contributed by atoms with van der Waals surface area (Å²) in [5.41, 5.74) is 0.312. The Kier molecular flexibility index (Phi) is 5.74. The molecule has 1 aliphatic rings. The molecule has 0 aromatic heterocycles. The predicted octanol–water partition coefficient (Wildman–Crippen LogP) is 3.24. The number of benzene rings is 2. The van der Waals surface area contributed by atoms with Gasteiger partial charge in [-0.05, 0) is 42.1 Å². The Morgan fingerprint density at radius 3 is 2.53 bits per heavy atom. The van der Waals surface area contributed by atoms with Gasteiger partial charge >= 0.3 is 5.97 Å². The number of rotatable bonds is 5. The third kappa shape index (κ3) is 4.10. The third-order valence-corrected chi connectivity index (χ3v) is 5.21. The van der Waals surface area contributed by atoms with Gasteiger partial charge in [0.2, 0.25) is 0 Å². The van der Waals surface area contributed by atoms with Crippen LogP contribution in [-0.2, 0) is 4.79 Å². The van der Waals surface area contributed by atoms with Crippen molar-refractivity contribution in [3.63, 3.8) is 0 Å². The predicted molar refractivity (Wildman–Crippen MR) is 110 cm³/mol. The van der Waals surface area contributed by atoms with Gasteiger partial charge in [0.15, 0.2) is 16.7 Å². The SMILES string of the molecule is COc1cc([N+](=O)[O-])cc(/C=C2\SC(=Nc3ccc(C(=O)O)cc3)N(C)C2=O)c1O. The van der Waals surface area contributed by atoms with Gasteiger partial charge in [0.05, 0.1) is 34.3 Å². The number of non-ortho nitro benzene ring substituents is 1. The molecule has 1 fully saturated rings. The van der Waals surface area contributed by atoms with Crippen LogP contribution in [0.4, 0.5) is 11.4 Å². The summed E-state index contributed by atoms with van der Waals surface area (Å²) in [5, 5.41) is 30.7. The molecule has 1 amide bonds. The lowest BCUT2D eigenvalue weighted by atomic mass is 10.1. The van der Waals surface area contributed by atoms with Crippen LogP contribution in [0.25, 0.3) is 6.08 Å². The van der Waals surface area contributed by atoms with E-state index in [0.29, 0.717) is 10.9 Å². The van der Waals surface area contributed by atoms with Crippen molar-refractivity contribution in [1.29, 1.82) is 0 Å². The lowest BCUT2D eigenvalue weighted by Gasteiger charge is -2.07. The van der Waals surface area contributed by atoms with Gasteiger partial charge in [0.1, 0.15) is 0 Å². The van der Waals surface area contributed by atoms with E-state index in [1.807, 2.05) is 0 Å². The molecule has 0 unspecified atom stereocenters. The number of carboxylic acids is 1. The number of aromatic carboxylic acids is 1. The van der Waals surface area contributed by atoms with Gasteiger partial charge in [-0.15, -0.1) is 0 Å². The number of hydrogen-bond acceptors (Lipinski definition) is 8. The Hall–Kier alpha value is -3.86. The average molecular weight is 429 g/mol. The number of amides is 1. The Morgan fingerprint density at radius 1 is 1.30 bits per heavy atom. The molecule has 154 valence electrons. The van der Waals surface area contributed by atoms with E-state index in [9.17, 15) is 24.8 Å². The van der Waals surface area contributed by atoms with E-state index in [4.69, 9.17) is 9.84 Å². The molecule has 0 spiro atoms. The van der Waals surface area contributed by atoms with Crippen molar-refractivity contribution in [2.24, 2.45) is 4.99 Å². The summed E-state index contributed by atoms with van der Waals surface area (Å²) in [6, 6.07) is 8.03. The number of aromatic hydroxyl groups is 1. The van der Waals surface area contributed by atoms with Gasteiger partial charge in [0, 0.05) is 18.7 Å². The second-order valence-electron chi connectivity index (χ2n) is 6.06. The first-order valence-corrected chi connectivity index (χ1v) is 9.18. The minimum absolute atomic E-state index is 0.0531. The van der Waals surface area contributed by atoms with Gasteiger partial charge < -0.3 is 14.9 Å². The van der Waals surface area contributed by atoms with Gasteiger partial charge in [-0.2, -0.15) is 0 Å². The normalized spacial score (nSPS) is 16.3. The number of nitrogens with zero attached hydrogens (tertiary/aromatic N) is 3. The minimum Gasteiger partial charge on any atom is -0.504 e. The molecule has 0 radical (unpaired) electrons. The van der Waals surface area contributed by atoms with Crippen molar-refractivity contribution in [2.45, 2.75) is 0 Å². The van der Waals surface area contributed by atoms with E-state index in [0.717, 1.165) is 23.9 Å². The maximum Gasteiger partial charge on any atom is 0.335 e. The Bertz CT molecular complexity index is 1110. The van der Waals surface area contributed by atoms with Crippen LogP contribution in [0.5, 0.6) is 11.5 Å². The molecular weight excluding hydrogens is 414 g/mol. The fourth-order valence-electron chi connectivity index (χ4n) is 2.57. The number of nitro groups is 1. The van der Waals surface area contributed by atoms with Gasteiger partial charge in [-0.1, -0.05) is 0 Å². The van der Waals surface area contributed by atoms with Crippen LogP contribution in [0.1, 0.15) is 15.9 Å². The van der Waals surface area contributed by atoms with E-state index in [2.05, 4.69) is 4.99 Å². The number of aliphatic imine (C=N–C) groups is 1. The fraction of sp³-hybridized carbons (Fsp3) is 0.105. The van der Waals surface area contributed by atoms with E-state index in [1.165, 1.54) is 49.4 Å². The quantitative estimate of drug-likeness (QED) is 0.419. The molecular formula is C19H15N3O7S. The first-order chi connectivity index (χ1) is 14.2. The lowest BCUT2D eigenvalue weighted by Crippen LogP contribution is -2.23. The first kappa shape index (κ1) is 20.9. The number of carbonyl (C=O) groups excluding carboxylic acids is 1. The number of nitro benzene ring substituents is 1. The molecule has 11 heteroatoms. The zero-order valence-electron chi connectivity index (χ0n) is 15.7. The van der Waals surface area contributed by atoms with Crippen LogP contribution in [0, 0.1) is 10.1 Å². The first-order valence-electron chi connectivity index (χ1n) is 8.36. The van der Waals surface area contributed by atoms with Crippen molar-refractivity contribution in [3.05, 3.63) is 62.5 Å². The van der Waals surface area contributed by atoms with Crippen molar-refractivity contribution >= 4 is 46.3 Å². The maximum absolute atomic E-state index is 12.6. The van der Waals surface area contributed by atoms with Gasteiger partial charge in [-0.25, -0.2) is 9.79 Å². The van der Waals surface area contributed by atoms with E-state index in [-0.39, 0.29) is 33.2 Å². The Labute approximate surface area is 174 Å². The van der Waals surface area contributed by atoms with Crippen LogP contribution in [0.3, 0.4) is 0 Å². The molecule has 1 aliphatic heterocycles. The van der Waals surface area contributed by atoms with Crippen LogP contribution in [0.2, 0.25) is 0 Å². The molecule has 0 saturated carbocycles. The average Bonchev–Trinajstić information content (AvgIpc) is 2.97. The molecule has 10 nitrogen and oxygen atoms in total. The minimum atomic E-state index is -1.06. The summed E-state index contributed by atoms with van der Waals surface area (Å²) in [6.07, 6.45) is 1.32. The highest BCUT2D eigenvalue weighted by atomic mass is 32.2. The zero-order valence-corrected chi connectivity index (χ0v) is 16.5. The van der Waals surface area contributed by atoms with E-state index in [1.54, 1.807) is 0 Å². The van der Waals surface area contributed by atoms with Crippen molar-refractivity contribution in [3.8, 4) is 11.5 Å². The molecule has 1 saturated heterocycles. The summed E-state index contributed by atoms with van der Waals surface area (Å²) in [7, 11) is 2.77.